The van der Waals surface area contributed by atoms with E-state index in [9.17, 15) is 24.2 Å². The molecule has 1 aliphatic heterocycles. The van der Waals surface area contributed by atoms with E-state index in [-0.39, 0.29) is 16.7 Å². The van der Waals surface area contributed by atoms with Crippen LogP contribution in [0.5, 0.6) is 0 Å². The molecule has 1 aliphatic carbocycles. The summed E-state index contributed by atoms with van der Waals surface area (Å²) >= 11 is 0. The Morgan fingerprint density at radius 2 is 1.79 bits per heavy atom. The lowest BCUT2D eigenvalue weighted by atomic mass is 9.89. The van der Waals surface area contributed by atoms with E-state index in [1.807, 2.05) is 74.1 Å². The van der Waals surface area contributed by atoms with Gasteiger partial charge in [0.05, 0.1) is 12.0 Å². The minimum absolute atomic E-state index is 0.0815. The predicted molar refractivity (Wildman–Crippen MR) is 141 cm³/mol. The van der Waals surface area contributed by atoms with Gasteiger partial charge >= 0.3 is 7.82 Å². The number of phosphoric ester groups is 1. The van der Waals surface area contributed by atoms with Gasteiger partial charge in [0.15, 0.2) is 5.78 Å². The Morgan fingerprint density at radius 1 is 1.05 bits per heavy atom. The highest BCUT2D eigenvalue weighted by atomic mass is 31.2. The monoisotopic (exact) mass is 538 g/mol. The third-order valence-electron chi connectivity index (χ3n) is 6.14. The summed E-state index contributed by atoms with van der Waals surface area (Å²) in [5.41, 5.74) is 2.74. The van der Waals surface area contributed by atoms with Crippen LogP contribution in [0.4, 0.5) is 5.69 Å². The van der Waals surface area contributed by atoms with Gasteiger partial charge in [-0.15, -0.1) is 0 Å². The first-order chi connectivity index (χ1) is 17.9. The van der Waals surface area contributed by atoms with Crippen LogP contribution in [0.25, 0.3) is 33.4 Å². The molecule has 11 heteroatoms. The van der Waals surface area contributed by atoms with Gasteiger partial charge in [-0.1, -0.05) is 12.1 Å². The van der Waals surface area contributed by atoms with E-state index in [1.54, 1.807) is 0 Å². The summed E-state index contributed by atoms with van der Waals surface area (Å²) in [5, 5.41) is 13.7. The molecule has 38 heavy (non-hydrogen) atoms. The first kappa shape index (κ1) is 27.2. The number of rotatable bonds is 8. The van der Waals surface area contributed by atoms with Gasteiger partial charge in [-0.05, 0) is 29.8 Å². The van der Waals surface area contributed by atoms with Gasteiger partial charge < -0.3 is 24.1 Å². The van der Waals surface area contributed by atoms with Crippen molar-refractivity contribution in [2.45, 2.75) is 0 Å². The van der Waals surface area contributed by atoms with Crippen molar-refractivity contribution in [1.29, 1.82) is 0 Å². The molecule has 1 heterocycles. The van der Waals surface area contributed by atoms with Crippen LogP contribution >= 0.6 is 7.82 Å². The Bertz CT molecular complexity index is 1650. The number of carboxylic acids is 1. The van der Waals surface area contributed by atoms with Gasteiger partial charge in [0, 0.05) is 66.7 Å². The molecular formula is C27H27N2O8P. The summed E-state index contributed by atoms with van der Waals surface area (Å²) in [7, 11) is 4.19. The molecule has 1 N–H and O–H groups in total. The molecule has 2 aromatic rings. The molecule has 0 bridgehead atoms. The van der Waals surface area contributed by atoms with Crippen LogP contribution in [-0.4, -0.2) is 58.6 Å². The van der Waals surface area contributed by atoms with Crippen molar-refractivity contribution in [2.24, 2.45) is 0 Å². The molecule has 4 rings (SSSR count). The lowest BCUT2D eigenvalue weighted by molar-refractivity contribution is -0.254. The summed E-state index contributed by atoms with van der Waals surface area (Å²) in [4.78, 5) is 36.4. The van der Waals surface area contributed by atoms with E-state index in [2.05, 4.69) is 4.52 Å². The number of Topliss-reactive ketones (excluding diaryl/α,β-unsaturated/α-hetero) is 1. The average Bonchev–Trinajstić information content (AvgIpc) is 2.89. The van der Waals surface area contributed by atoms with Crippen molar-refractivity contribution in [2.75, 3.05) is 46.8 Å². The molecule has 0 spiro atoms. The molecule has 1 atom stereocenters. The molecule has 0 aromatic heterocycles. The van der Waals surface area contributed by atoms with Crippen molar-refractivity contribution in [3.05, 3.63) is 71.1 Å². The number of carbonyl (C=O) groups is 2. The van der Waals surface area contributed by atoms with Crippen molar-refractivity contribution >= 4 is 36.2 Å². The molecule has 0 amide bonds. The maximum absolute atomic E-state index is 12.8. The molecule has 0 radical (unpaired) electrons. The Labute approximate surface area is 218 Å². The smallest absolute Gasteiger partial charge is 0.472 e. The number of benzene rings is 3. The van der Waals surface area contributed by atoms with Gasteiger partial charge in [-0.25, -0.2) is 9.14 Å². The van der Waals surface area contributed by atoms with Crippen LogP contribution in [0.1, 0.15) is 20.7 Å². The fourth-order valence-electron chi connectivity index (χ4n) is 4.09. The Kier molecular flexibility index (Phi) is 7.53. The quantitative estimate of drug-likeness (QED) is 0.156. The average molecular weight is 538 g/mol. The van der Waals surface area contributed by atoms with Crippen LogP contribution in [0, 0.1) is 0 Å². The maximum Gasteiger partial charge on any atom is 0.472 e. The molecule has 10 nitrogen and oxygen atoms in total. The van der Waals surface area contributed by atoms with Crippen LogP contribution < -0.4 is 19.9 Å². The summed E-state index contributed by atoms with van der Waals surface area (Å²) < 4.78 is 28.9. The van der Waals surface area contributed by atoms with Crippen LogP contribution in [0.15, 0.2) is 59.0 Å². The lowest BCUT2D eigenvalue weighted by Crippen LogP contribution is -2.23. The summed E-state index contributed by atoms with van der Waals surface area (Å²) in [6, 6.07) is 15.1. The van der Waals surface area contributed by atoms with E-state index >= 15 is 0 Å². The van der Waals surface area contributed by atoms with Gasteiger partial charge in [0.25, 0.3) is 0 Å². The number of aromatic carboxylic acids is 1. The third kappa shape index (κ3) is 5.39. The number of phosphoric acid groups is 1. The highest BCUT2D eigenvalue weighted by molar-refractivity contribution is 7.47. The molecule has 0 saturated heterocycles. The van der Waals surface area contributed by atoms with Crippen LogP contribution in [0.3, 0.4) is 0 Å². The summed E-state index contributed by atoms with van der Waals surface area (Å²) in [5.74, 6) is -1.55. The summed E-state index contributed by atoms with van der Waals surface area (Å²) in [6.07, 6.45) is 0. The van der Waals surface area contributed by atoms with Crippen molar-refractivity contribution in [3.8, 4) is 22.5 Å². The second-order valence-corrected chi connectivity index (χ2v) is 10.6. The van der Waals surface area contributed by atoms with E-state index in [4.69, 9.17) is 8.94 Å². The van der Waals surface area contributed by atoms with Crippen LogP contribution in [0.2, 0.25) is 0 Å². The minimum Gasteiger partial charge on any atom is -0.545 e. The number of ketones is 1. The molecule has 198 valence electrons. The SMILES string of the molecule is COP(=O)(O)OCC(=O)c1ccc(C(=O)[O-])c(-c2c3ccc(=[N+](C)C)cc-3oc3cc(N(C)C)ccc23)c1. The molecular weight excluding hydrogens is 511 g/mol. The highest BCUT2D eigenvalue weighted by Crippen LogP contribution is 2.43. The largest absolute Gasteiger partial charge is 0.545 e. The van der Waals surface area contributed by atoms with E-state index in [0.29, 0.717) is 27.9 Å². The Hall–Kier alpha value is -3.82. The number of fused-ring (bicyclic) bond motifs is 2. The Morgan fingerprint density at radius 3 is 2.42 bits per heavy atom. The fraction of sp³-hybridized carbons (Fsp3) is 0.222. The highest BCUT2D eigenvalue weighted by Gasteiger charge is 2.24. The second kappa shape index (κ2) is 10.5. The topological polar surface area (TPSA) is 132 Å². The van der Waals surface area contributed by atoms with Gasteiger partial charge in [-0.2, -0.15) is 0 Å². The van der Waals surface area contributed by atoms with Crippen molar-refractivity contribution in [1.82, 2.24) is 4.58 Å². The third-order valence-corrected chi connectivity index (χ3v) is 7.06. The van der Waals surface area contributed by atoms with E-state index in [1.165, 1.54) is 18.2 Å². The fourth-order valence-corrected chi connectivity index (χ4v) is 4.48. The molecule has 0 saturated carbocycles. The van der Waals surface area contributed by atoms with Gasteiger partial charge in [0.2, 0.25) is 5.36 Å². The standard InChI is InChI=1S/C27H27N2O8P/c1-28(2)17-7-10-20-24(13-17)37-25-14-18(29(3)4)8-11-21(25)26(20)22-12-16(6-9-19(22)27(31)32)23(30)15-36-38(33,34)35-5/h6-14H,15H2,1-5H3,(H-,31,32,33,34). The predicted octanol–water partition coefficient (Wildman–Crippen LogP) is 2.61. The van der Waals surface area contributed by atoms with Crippen LogP contribution in [-0.2, 0) is 13.6 Å². The zero-order valence-corrected chi connectivity index (χ0v) is 22.4. The lowest BCUT2D eigenvalue weighted by Gasteiger charge is -2.20. The number of hydrogen-bond acceptors (Lipinski definition) is 8. The zero-order valence-electron chi connectivity index (χ0n) is 21.5. The van der Waals surface area contributed by atoms with E-state index in [0.717, 1.165) is 18.2 Å². The Balaban J connectivity index is 2.02. The van der Waals surface area contributed by atoms with Crippen molar-refractivity contribution < 1.29 is 37.6 Å². The van der Waals surface area contributed by atoms with Crippen molar-refractivity contribution in [3.63, 3.8) is 0 Å². The zero-order chi connectivity index (χ0) is 27.8. The van der Waals surface area contributed by atoms with E-state index < -0.39 is 26.2 Å². The minimum atomic E-state index is -4.38. The number of nitrogens with zero attached hydrogens (tertiary/aromatic N) is 2. The number of carboxylic acid groups (broad SMARTS) is 1. The number of anilines is 1. The van der Waals surface area contributed by atoms with Gasteiger partial charge in [0.1, 0.15) is 32.0 Å². The molecule has 2 aromatic carbocycles. The van der Waals surface area contributed by atoms with Gasteiger partial charge in [-0.3, -0.25) is 13.8 Å². The normalized spacial score (nSPS) is 12.9. The summed E-state index contributed by atoms with van der Waals surface area (Å²) in [6.45, 7) is -0.740. The number of hydrogen-bond donors (Lipinski definition) is 1. The maximum atomic E-state index is 12.8. The molecule has 1 unspecified atom stereocenters. The molecule has 2 aliphatic rings. The number of carbonyl (C=O) groups excluding carboxylic acids is 2. The first-order valence-electron chi connectivity index (χ1n) is 11.5. The molecule has 0 fully saturated rings. The first-order valence-corrected chi connectivity index (χ1v) is 13.0. The second-order valence-electron chi connectivity index (χ2n) is 9.02.